The molecule has 0 aliphatic carbocycles. The third kappa shape index (κ3) is 5.30. The Bertz CT molecular complexity index is 1280. The van der Waals surface area contributed by atoms with E-state index in [9.17, 15) is 22.0 Å². The van der Waals surface area contributed by atoms with Gasteiger partial charge in [-0.2, -0.15) is 8.78 Å². The number of carbonyl (C=O) groups excluding carboxylic acids is 1. The summed E-state index contributed by atoms with van der Waals surface area (Å²) in [5, 5.41) is 4.01. The van der Waals surface area contributed by atoms with Crippen LogP contribution in [0.15, 0.2) is 53.4 Å². The Morgan fingerprint density at radius 2 is 1.82 bits per heavy atom. The zero-order chi connectivity index (χ0) is 24.5. The number of nitrogens with one attached hydrogen (secondary N) is 1. The highest BCUT2D eigenvalue weighted by atomic mass is 35.5. The summed E-state index contributed by atoms with van der Waals surface area (Å²) in [6.45, 7) is 3.62. The predicted octanol–water partition coefficient (Wildman–Crippen LogP) is 5.44. The van der Waals surface area contributed by atoms with Crippen molar-refractivity contribution in [3.05, 3.63) is 75.3 Å². The minimum Gasteiger partial charge on any atom is -0.302 e. The second-order valence-corrected chi connectivity index (χ2v) is 11.4. The number of hydrogen-bond donors (Lipinski definition) is 1. The van der Waals surface area contributed by atoms with Crippen molar-refractivity contribution >= 4 is 43.8 Å². The molecule has 6 nitrogen and oxygen atoms in total. The number of aromatic nitrogens is 1. The Hall–Kier alpha value is -2.40. The first-order valence-electron chi connectivity index (χ1n) is 10.6. The topological polar surface area (TPSA) is 79.4 Å². The van der Waals surface area contributed by atoms with Gasteiger partial charge in [0.15, 0.2) is 5.13 Å². The fourth-order valence-corrected chi connectivity index (χ4v) is 5.85. The van der Waals surface area contributed by atoms with E-state index in [2.05, 4.69) is 22.1 Å². The van der Waals surface area contributed by atoms with E-state index in [-0.39, 0.29) is 18.4 Å². The van der Waals surface area contributed by atoms with Crippen molar-refractivity contribution in [3.63, 3.8) is 0 Å². The molecule has 34 heavy (non-hydrogen) atoms. The molecule has 180 valence electrons. The molecule has 4 rings (SSSR count). The van der Waals surface area contributed by atoms with Gasteiger partial charge in [-0.25, -0.2) is 13.4 Å². The first-order chi connectivity index (χ1) is 16.2. The molecule has 0 spiro atoms. The van der Waals surface area contributed by atoms with Crippen molar-refractivity contribution in [3.8, 4) is 0 Å². The molecule has 0 bridgehead atoms. The molecule has 0 saturated heterocycles. The Morgan fingerprint density at radius 3 is 2.44 bits per heavy atom. The van der Waals surface area contributed by atoms with Crippen LogP contribution in [-0.4, -0.2) is 30.0 Å². The lowest BCUT2D eigenvalue weighted by molar-refractivity contribution is -0.115. The van der Waals surface area contributed by atoms with E-state index in [1.807, 2.05) is 24.3 Å². The lowest BCUT2D eigenvalue weighted by Crippen LogP contribution is -2.22. The van der Waals surface area contributed by atoms with Crippen LogP contribution in [-0.2, 0) is 34.1 Å². The number of anilines is 1. The molecular weight excluding hydrogens is 504 g/mol. The largest absolute Gasteiger partial charge is 0.341 e. The van der Waals surface area contributed by atoms with Gasteiger partial charge in [-0.3, -0.25) is 9.69 Å². The summed E-state index contributed by atoms with van der Waals surface area (Å²) >= 11 is 7.42. The molecule has 1 amide bonds. The van der Waals surface area contributed by atoms with E-state index >= 15 is 0 Å². The van der Waals surface area contributed by atoms with Crippen LogP contribution in [0.25, 0.3) is 0 Å². The van der Waals surface area contributed by atoms with Crippen LogP contribution >= 0.6 is 22.9 Å². The molecule has 0 saturated carbocycles. The van der Waals surface area contributed by atoms with Crippen molar-refractivity contribution < 1.29 is 22.0 Å². The maximum Gasteiger partial charge on any atom is 0.341 e. The lowest BCUT2D eigenvalue weighted by Gasteiger charge is -2.23. The van der Waals surface area contributed by atoms with E-state index in [4.69, 9.17) is 11.6 Å². The van der Waals surface area contributed by atoms with E-state index in [0.29, 0.717) is 15.7 Å². The molecule has 2 aromatic carbocycles. The monoisotopic (exact) mass is 525 g/mol. The molecule has 0 unspecified atom stereocenters. The van der Waals surface area contributed by atoms with Crippen molar-refractivity contribution in [2.75, 3.05) is 5.32 Å². The lowest BCUT2D eigenvalue weighted by atomic mass is 10.1. The van der Waals surface area contributed by atoms with Crippen LogP contribution in [0.2, 0.25) is 5.02 Å². The second kappa shape index (κ2) is 10.1. The number of benzene rings is 2. The van der Waals surface area contributed by atoms with Crippen molar-refractivity contribution in [1.29, 1.82) is 0 Å². The first kappa shape index (κ1) is 24.7. The molecule has 1 N–H and O–H groups in total. The molecular formula is C23H22ClF2N3O3S2. The van der Waals surface area contributed by atoms with Crippen molar-refractivity contribution in [2.45, 2.75) is 49.5 Å². The predicted molar refractivity (Wildman–Crippen MR) is 128 cm³/mol. The minimum atomic E-state index is -4.66. The number of halogens is 3. The van der Waals surface area contributed by atoms with Gasteiger partial charge in [0.05, 0.1) is 23.1 Å². The summed E-state index contributed by atoms with van der Waals surface area (Å²) in [5.74, 6) is -3.80. The Labute approximate surface area is 205 Å². The molecule has 0 fully saturated rings. The van der Waals surface area contributed by atoms with Crippen LogP contribution in [0, 0.1) is 0 Å². The van der Waals surface area contributed by atoms with Gasteiger partial charge in [-0.1, -0.05) is 42.8 Å². The van der Waals surface area contributed by atoms with E-state index < -0.39 is 20.5 Å². The standard InChI is InChI=1S/C23H22ClF2N3O3S2/c1-2-18-21-19(13-29(18)12-15-3-7-16(24)8-4-15)33-23(28-21)27-20(30)11-14-5-9-17(10-6-14)34(31,32)22(25)26/h3-10,18,22H,2,11-13H2,1H3,(H,27,28,30)/t18-/m0/s1. The van der Waals surface area contributed by atoms with E-state index in [1.54, 1.807) is 0 Å². The van der Waals surface area contributed by atoms with Crippen molar-refractivity contribution in [2.24, 2.45) is 0 Å². The van der Waals surface area contributed by atoms with Gasteiger partial charge in [0.2, 0.25) is 15.7 Å². The molecule has 2 heterocycles. The van der Waals surface area contributed by atoms with Crippen molar-refractivity contribution in [1.82, 2.24) is 9.88 Å². The zero-order valence-corrected chi connectivity index (χ0v) is 20.6. The third-order valence-electron chi connectivity index (χ3n) is 5.61. The van der Waals surface area contributed by atoms with Crippen LogP contribution in [0.5, 0.6) is 0 Å². The summed E-state index contributed by atoms with van der Waals surface area (Å²) in [6, 6.07) is 12.8. The molecule has 1 aliphatic rings. The fraction of sp³-hybridized carbons (Fsp3) is 0.304. The summed E-state index contributed by atoms with van der Waals surface area (Å²) in [7, 11) is -4.66. The van der Waals surface area contributed by atoms with Gasteiger partial charge in [0.25, 0.3) is 0 Å². The highest BCUT2D eigenvalue weighted by molar-refractivity contribution is 7.91. The molecule has 1 aromatic heterocycles. The van der Waals surface area contributed by atoms with Crippen LogP contribution in [0.3, 0.4) is 0 Å². The molecule has 1 aliphatic heterocycles. The van der Waals surface area contributed by atoms with E-state index in [0.717, 1.165) is 42.2 Å². The Balaban J connectivity index is 1.38. The number of amides is 1. The second-order valence-electron chi connectivity index (χ2n) is 7.96. The highest BCUT2D eigenvalue weighted by Gasteiger charge is 2.33. The maximum absolute atomic E-state index is 12.7. The van der Waals surface area contributed by atoms with Crippen LogP contribution in [0.4, 0.5) is 13.9 Å². The summed E-state index contributed by atoms with van der Waals surface area (Å²) in [5.41, 5.74) is 2.65. The summed E-state index contributed by atoms with van der Waals surface area (Å²) in [6.07, 6.45) is 0.852. The Morgan fingerprint density at radius 1 is 1.18 bits per heavy atom. The number of sulfone groups is 1. The number of nitrogens with zero attached hydrogens (tertiary/aromatic N) is 2. The number of fused-ring (bicyclic) bond motifs is 1. The minimum absolute atomic E-state index is 0.0286. The molecule has 1 atom stereocenters. The molecule has 3 aromatic rings. The number of alkyl halides is 2. The SMILES string of the molecule is CC[C@H]1c2nc(NC(=O)Cc3ccc(S(=O)(=O)C(F)F)cc3)sc2CN1Cc1ccc(Cl)cc1. The average Bonchev–Trinajstić information content (AvgIpc) is 3.31. The van der Waals surface area contributed by atoms with Gasteiger partial charge < -0.3 is 5.32 Å². The van der Waals surface area contributed by atoms with Gasteiger partial charge in [-0.15, -0.1) is 11.3 Å². The van der Waals surface area contributed by atoms with Gasteiger partial charge in [-0.05, 0) is 41.8 Å². The highest BCUT2D eigenvalue weighted by Crippen LogP contribution is 2.41. The quantitative estimate of drug-likeness (QED) is 0.423. The Kier molecular flexibility index (Phi) is 7.32. The van der Waals surface area contributed by atoms with Crippen LogP contribution in [0.1, 0.15) is 41.1 Å². The van der Waals surface area contributed by atoms with Gasteiger partial charge >= 0.3 is 5.76 Å². The van der Waals surface area contributed by atoms with Crippen LogP contribution < -0.4 is 5.32 Å². The fourth-order valence-electron chi connectivity index (χ4n) is 3.95. The van der Waals surface area contributed by atoms with Gasteiger partial charge in [0.1, 0.15) is 0 Å². The maximum atomic E-state index is 12.7. The van der Waals surface area contributed by atoms with Gasteiger partial charge in [0, 0.05) is 23.0 Å². The first-order valence-corrected chi connectivity index (χ1v) is 13.3. The third-order valence-corrected chi connectivity index (χ3v) is 8.24. The number of rotatable bonds is 8. The average molecular weight is 526 g/mol. The van der Waals surface area contributed by atoms with E-state index in [1.165, 1.54) is 29.0 Å². The summed E-state index contributed by atoms with van der Waals surface area (Å²) < 4.78 is 48.4. The zero-order valence-electron chi connectivity index (χ0n) is 18.2. The molecule has 0 radical (unpaired) electrons. The number of hydrogen-bond acceptors (Lipinski definition) is 6. The smallest absolute Gasteiger partial charge is 0.302 e. The molecule has 11 heteroatoms. The normalized spacial score (nSPS) is 16.1. The summed E-state index contributed by atoms with van der Waals surface area (Å²) in [4.78, 5) is 20.1. The number of thiazole rings is 1. The number of carbonyl (C=O) groups is 1.